The second-order valence-electron chi connectivity index (χ2n) is 9.57. The van der Waals surface area contributed by atoms with E-state index in [2.05, 4.69) is 57.7 Å². The summed E-state index contributed by atoms with van der Waals surface area (Å²) in [5.74, 6) is 2.99. The van der Waals surface area contributed by atoms with Gasteiger partial charge in [0.1, 0.15) is 17.5 Å². The molecule has 176 valence electrons. The van der Waals surface area contributed by atoms with Crippen LogP contribution in [0.15, 0.2) is 60.9 Å². The van der Waals surface area contributed by atoms with Crippen molar-refractivity contribution in [3.8, 4) is 23.4 Å². The molecule has 1 saturated heterocycles. The molecule has 7 heteroatoms. The Morgan fingerprint density at radius 3 is 2.47 bits per heavy atom. The molecule has 0 amide bonds. The maximum atomic E-state index is 9.28. The van der Waals surface area contributed by atoms with Crippen molar-refractivity contribution in [1.82, 2.24) is 15.0 Å². The van der Waals surface area contributed by atoms with E-state index in [1.165, 1.54) is 18.4 Å². The Morgan fingerprint density at radius 1 is 0.861 bits per heavy atom. The lowest BCUT2D eigenvalue weighted by atomic mass is 9.97. The number of benzene rings is 1. The molecule has 36 heavy (non-hydrogen) atoms. The molecule has 4 aromatic rings. The molecule has 0 spiro atoms. The Labute approximate surface area is 210 Å². The molecule has 1 aliphatic carbocycles. The molecule has 2 aliphatic rings. The highest BCUT2D eigenvalue weighted by Crippen LogP contribution is 2.42. The summed E-state index contributed by atoms with van der Waals surface area (Å²) in [7, 11) is 0. The van der Waals surface area contributed by atoms with Gasteiger partial charge >= 0.3 is 0 Å². The van der Waals surface area contributed by atoms with Crippen LogP contribution in [0.2, 0.25) is 0 Å². The number of rotatable bonds is 5. The first-order chi connectivity index (χ1) is 17.7. The normalized spacial score (nSPS) is 15.9. The van der Waals surface area contributed by atoms with Gasteiger partial charge in [-0.3, -0.25) is 0 Å². The third-order valence-corrected chi connectivity index (χ3v) is 7.06. The monoisotopic (exact) mass is 471 g/mol. The summed E-state index contributed by atoms with van der Waals surface area (Å²) >= 11 is 0. The fourth-order valence-corrected chi connectivity index (χ4v) is 4.90. The molecule has 1 N–H and O–H groups in total. The van der Waals surface area contributed by atoms with E-state index in [1.54, 1.807) is 18.3 Å². The first-order valence-corrected chi connectivity index (χ1v) is 12.4. The molecule has 0 atom stereocenters. The summed E-state index contributed by atoms with van der Waals surface area (Å²) in [5.41, 5.74) is 3.76. The number of nitriles is 2. The van der Waals surface area contributed by atoms with Crippen molar-refractivity contribution in [2.24, 2.45) is 5.92 Å². The van der Waals surface area contributed by atoms with Gasteiger partial charge in [-0.1, -0.05) is 12.1 Å². The topological polar surface area (TPSA) is 102 Å². The van der Waals surface area contributed by atoms with Gasteiger partial charge in [-0.25, -0.2) is 15.0 Å². The van der Waals surface area contributed by atoms with Crippen molar-refractivity contribution in [3.63, 3.8) is 0 Å². The Kier molecular flexibility index (Phi) is 5.67. The van der Waals surface area contributed by atoms with Crippen molar-refractivity contribution >= 4 is 28.2 Å². The highest BCUT2D eigenvalue weighted by atomic mass is 15.2. The predicted octanol–water partition coefficient (Wildman–Crippen LogP) is 5.92. The first-order valence-electron chi connectivity index (χ1n) is 12.4. The van der Waals surface area contributed by atoms with Gasteiger partial charge < -0.3 is 10.2 Å². The van der Waals surface area contributed by atoms with Crippen LogP contribution in [0.5, 0.6) is 0 Å². The average molecular weight is 472 g/mol. The second kappa shape index (κ2) is 9.28. The fourth-order valence-electron chi connectivity index (χ4n) is 4.90. The number of nitrogens with zero attached hydrogens (tertiary/aromatic N) is 6. The minimum atomic E-state index is 0.135. The smallest absolute Gasteiger partial charge is 0.136 e. The maximum Gasteiger partial charge on any atom is 0.136 e. The third-order valence-electron chi connectivity index (χ3n) is 7.06. The molecule has 7 nitrogen and oxygen atoms in total. The Bertz CT molecular complexity index is 1520. The summed E-state index contributed by atoms with van der Waals surface area (Å²) in [6.45, 7) is 1.68. The number of hydrogen-bond acceptors (Lipinski definition) is 7. The molecule has 1 aliphatic heterocycles. The van der Waals surface area contributed by atoms with E-state index >= 15 is 0 Å². The lowest BCUT2D eigenvalue weighted by molar-refractivity contribution is 0.486. The summed E-state index contributed by atoms with van der Waals surface area (Å²) < 4.78 is 0. The van der Waals surface area contributed by atoms with E-state index in [0.717, 1.165) is 59.6 Å². The van der Waals surface area contributed by atoms with Crippen LogP contribution >= 0.6 is 0 Å². The molecule has 1 saturated carbocycles. The van der Waals surface area contributed by atoms with Crippen LogP contribution < -0.4 is 10.2 Å². The molecule has 0 unspecified atom stereocenters. The minimum absolute atomic E-state index is 0.135. The van der Waals surface area contributed by atoms with Crippen LogP contribution in [0.3, 0.4) is 0 Å². The lowest BCUT2D eigenvalue weighted by Gasteiger charge is -2.31. The minimum Gasteiger partial charge on any atom is -0.356 e. The van der Waals surface area contributed by atoms with Gasteiger partial charge in [0.25, 0.3) is 0 Å². The second-order valence-corrected chi connectivity index (χ2v) is 9.57. The van der Waals surface area contributed by atoms with Gasteiger partial charge in [-0.2, -0.15) is 10.5 Å². The number of pyridine rings is 3. The largest absolute Gasteiger partial charge is 0.356 e. The molecule has 0 radical (unpaired) electrons. The predicted molar refractivity (Wildman–Crippen MR) is 140 cm³/mol. The van der Waals surface area contributed by atoms with E-state index in [1.807, 2.05) is 12.3 Å². The van der Waals surface area contributed by atoms with Gasteiger partial charge in [0.05, 0.1) is 23.4 Å². The lowest BCUT2D eigenvalue weighted by Crippen LogP contribution is -2.33. The Balaban J connectivity index is 1.38. The summed E-state index contributed by atoms with van der Waals surface area (Å²) in [6.07, 6.45) is 7.61. The number of fused-ring (bicyclic) bond motifs is 1. The number of hydrogen-bond donors (Lipinski definition) is 1. The molecule has 3 aromatic heterocycles. The zero-order valence-electron chi connectivity index (χ0n) is 19.9. The quantitative estimate of drug-likeness (QED) is 0.385. The number of nitrogens with one attached hydrogen (secondary N) is 1. The zero-order chi connectivity index (χ0) is 24.5. The molecule has 0 bridgehead atoms. The van der Waals surface area contributed by atoms with Gasteiger partial charge in [-0.15, -0.1) is 0 Å². The first kappa shape index (κ1) is 22.0. The average Bonchev–Trinajstić information content (AvgIpc) is 3.78. The van der Waals surface area contributed by atoms with Crippen molar-refractivity contribution in [2.75, 3.05) is 23.3 Å². The highest BCUT2D eigenvalue weighted by molar-refractivity contribution is 5.95. The van der Waals surface area contributed by atoms with E-state index < -0.39 is 0 Å². The van der Waals surface area contributed by atoms with Crippen LogP contribution in [0.1, 0.15) is 42.7 Å². The SMILES string of the molecule is N#Cc1ccnc(Nc2cc(C3CC3)cc(-c3ccc4ccnc(N5CCC(C#N)CC5)c4c3)n2)c1. The summed E-state index contributed by atoms with van der Waals surface area (Å²) in [4.78, 5) is 16.3. The molecule has 6 rings (SSSR count). The van der Waals surface area contributed by atoms with Crippen LogP contribution in [0.4, 0.5) is 17.5 Å². The highest BCUT2D eigenvalue weighted by Gasteiger charge is 2.25. The number of anilines is 3. The van der Waals surface area contributed by atoms with Gasteiger partial charge in [0, 0.05) is 42.4 Å². The van der Waals surface area contributed by atoms with E-state index in [0.29, 0.717) is 17.3 Å². The molecular formula is C29H25N7. The van der Waals surface area contributed by atoms with Crippen molar-refractivity contribution in [1.29, 1.82) is 10.5 Å². The summed E-state index contributed by atoms with van der Waals surface area (Å²) in [6, 6.07) is 20.8. The van der Waals surface area contributed by atoms with Crippen LogP contribution in [-0.4, -0.2) is 28.0 Å². The Hall–Kier alpha value is -4.49. The maximum absolute atomic E-state index is 9.28. The zero-order valence-corrected chi connectivity index (χ0v) is 19.9. The Morgan fingerprint density at radius 2 is 1.69 bits per heavy atom. The van der Waals surface area contributed by atoms with Gasteiger partial charge in [-0.05, 0) is 78.9 Å². The van der Waals surface area contributed by atoms with Crippen molar-refractivity contribution in [2.45, 2.75) is 31.6 Å². The van der Waals surface area contributed by atoms with E-state index in [9.17, 15) is 10.5 Å². The van der Waals surface area contributed by atoms with E-state index in [-0.39, 0.29) is 5.92 Å². The van der Waals surface area contributed by atoms with Gasteiger partial charge in [0.15, 0.2) is 0 Å². The van der Waals surface area contributed by atoms with Crippen LogP contribution in [0.25, 0.3) is 22.0 Å². The molecule has 1 aromatic carbocycles. The molecule has 2 fully saturated rings. The van der Waals surface area contributed by atoms with Crippen LogP contribution in [-0.2, 0) is 0 Å². The fraction of sp³-hybridized carbons (Fsp3) is 0.276. The van der Waals surface area contributed by atoms with Crippen molar-refractivity contribution in [3.05, 3.63) is 72.1 Å². The number of piperidine rings is 1. The van der Waals surface area contributed by atoms with Crippen LogP contribution in [0, 0.1) is 28.6 Å². The molecule has 4 heterocycles. The van der Waals surface area contributed by atoms with Gasteiger partial charge in [0.2, 0.25) is 0 Å². The summed E-state index contributed by atoms with van der Waals surface area (Å²) in [5, 5.41) is 24.0. The molecular weight excluding hydrogens is 446 g/mol. The number of aromatic nitrogens is 3. The standard InChI is InChI=1S/C29H25N7/c30-17-19-7-11-36(12-8-19)29-25-14-23(4-3-22(25)6-10-33-29)26-15-24(21-1-2-21)16-28(34-26)35-27-13-20(18-31)5-9-32-27/h3-6,9-10,13-16,19,21H,1-2,7-8,11-12H2,(H,32,34,35). The third kappa shape index (κ3) is 4.44. The van der Waals surface area contributed by atoms with Crippen molar-refractivity contribution < 1.29 is 0 Å². The van der Waals surface area contributed by atoms with E-state index in [4.69, 9.17) is 9.97 Å².